The van der Waals surface area contributed by atoms with Crippen LogP contribution in [0.25, 0.3) is 0 Å². The lowest BCUT2D eigenvalue weighted by Crippen LogP contribution is -2.68. The van der Waals surface area contributed by atoms with Crippen LogP contribution in [0.15, 0.2) is 182 Å². The van der Waals surface area contributed by atoms with Gasteiger partial charge in [0.15, 0.2) is 17.4 Å². The van der Waals surface area contributed by atoms with E-state index in [1.54, 1.807) is 0 Å². The van der Waals surface area contributed by atoms with Gasteiger partial charge in [-0.2, -0.15) is 0 Å². The van der Waals surface area contributed by atoms with E-state index in [-0.39, 0.29) is 107 Å². The number of ether oxygens (including phenoxy) is 7. The molecule has 97 heavy (non-hydrogen) atoms. The van der Waals surface area contributed by atoms with Crippen molar-refractivity contribution in [3.8, 4) is 0 Å². The molecule has 0 radical (unpaired) electrons. The number of carbonyl (C=O) groups is 3. The van der Waals surface area contributed by atoms with Crippen LogP contribution in [-0.2, 0) is 60.8 Å². The van der Waals surface area contributed by atoms with Crippen molar-refractivity contribution in [2.75, 3.05) is 6.61 Å². The summed E-state index contributed by atoms with van der Waals surface area (Å²) in [6.07, 6.45) is 2.37. The molecule has 6 aliphatic rings. The lowest BCUT2D eigenvalue weighted by Gasteiger charge is -2.45. The molecule has 12 atom stereocenters. The van der Waals surface area contributed by atoms with E-state index in [0.717, 1.165) is 12.7 Å². The Labute approximate surface area is 580 Å². The maximum Gasteiger partial charge on any atom is 0.306 e. The van der Waals surface area contributed by atoms with Gasteiger partial charge in [0.2, 0.25) is 0 Å². The average molecular weight is 1380 g/mol. The number of aliphatic carboxylic acids is 1. The van der Waals surface area contributed by atoms with Crippen molar-refractivity contribution < 1.29 is 65.9 Å². The second-order valence-electron chi connectivity index (χ2n) is 31.6. The van der Waals surface area contributed by atoms with E-state index >= 15 is 0 Å². The third-order valence-electron chi connectivity index (χ3n) is 20.5. The Hall–Kier alpha value is -5.78. The molecule has 3 aliphatic heterocycles. The van der Waals surface area contributed by atoms with Crippen LogP contribution >= 0.6 is 0 Å². The highest BCUT2D eigenvalue weighted by atomic mass is 28.4. The summed E-state index contributed by atoms with van der Waals surface area (Å²) in [5, 5.41) is 16.6. The van der Waals surface area contributed by atoms with E-state index in [4.69, 9.17) is 46.4 Å². The molecular weight excluding hydrogens is 1270 g/mol. The first-order chi connectivity index (χ1) is 45.8. The fourth-order valence-electron chi connectivity index (χ4n) is 16.7. The Bertz CT molecular complexity index is 3420. The van der Waals surface area contributed by atoms with Crippen LogP contribution in [0.3, 0.4) is 0 Å². The number of benzene rings is 6. The smallest absolute Gasteiger partial charge is 0.306 e. The Balaban J connectivity index is 0.000000158. The van der Waals surface area contributed by atoms with Gasteiger partial charge in [-0.25, -0.2) is 0 Å². The average Bonchev–Trinajstić information content (AvgIpc) is 1.73. The van der Waals surface area contributed by atoms with Gasteiger partial charge in [0.1, 0.15) is 6.29 Å². The molecule has 0 unspecified atom stereocenters. The van der Waals surface area contributed by atoms with Crippen LogP contribution in [0, 0.1) is 17.8 Å². The van der Waals surface area contributed by atoms with E-state index < -0.39 is 48.3 Å². The van der Waals surface area contributed by atoms with Crippen molar-refractivity contribution in [1.82, 2.24) is 0 Å². The predicted octanol–water partition coefficient (Wildman–Crippen LogP) is 12.4. The Morgan fingerprint density at radius 1 is 0.423 bits per heavy atom. The second-order valence-corrected chi connectivity index (χ2v) is 44.3. The number of rotatable bonds is 19. The minimum absolute atomic E-state index is 0.00345. The number of hydrogen-bond donors (Lipinski definition) is 1. The zero-order valence-electron chi connectivity index (χ0n) is 60.0. The summed E-state index contributed by atoms with van der Waals surface area (Å²) in [5.41, 5.74) is 0. The number of hydrogen-bond acceptors (Lipinski definition) is 13. The second kappa shape index (κ2) is 29.4. The van der Waals surface area contributed by atoms with Crippen LogP contribution in [0.2, 0.25) is 15.1 Å². The van der Waals surface area contributed by atoms with E-state index in [9.17, 15) is 19.5 Å². The van der Waals surface area contributed by atoms with Gasteiger partial charge in [0, 0.05) is 43.4 Å². The summed E-state index contributed by atoms with van der Waals surface area (Å²) in [6, 6.07) is 63.4. The topological polar surface area (TPSA) is 164 Å². The molecular formula is C80H106O14Si3. The monoisotopic (exact) mass is 1370 g/mol. The van der Waals surface area contributed by atoms with Crippen LogP contribution in [0.1, 0.15) is 149 Å². The van der Waals surface area contributed by atoms with Crippen molar-refractivity contribution in [1.29, 1.82) is 0 Å². The molecule has 0 spiro atoms. The fourth-order valence-corrected chi connectivity index (χ4v) is 31.0. The van der Waals surface area contributed by atoms with Gasteiger partial charge in [0.05, 0.1) is 74.4 Å². The van der Waals surface area contributed by atoms with E-state index in [1.165, 1.54) is 31.1 Å². The molecule has 0 amide bonds. The molecule has 3 heterocycles. The Kier molecular flexibility index (Phi) is 22.4. The van der Waals surface area contributed by atoms with E-state index in [2.05, 4.69) is 220 Å². The minimum Gasteiger partial charge on any atom is -0.481 e. The normalized spacial score (nSPS) is 27.1. The molecule has 14 nitrogen and oxygen atoms in total. The highest BCUT2D eigenvalue weighted by molar-refractivity contribution is 7.00. The number of fused-ring (bicyclic) bond motifs is 3. The molecule has 12 rings (SSSR count). The van der Waals surface area contributed by atoms with Crippen molar-refractivity contribution >= 4 is 74.3 Å². The number of aldehydes is 1. The Morgan fingerprint density at radius 2 is 0.670 bits per heavy atom. The van der Waals surface area contributed by atoms with Gasteiger partial charge in [-0.1, -0.05) is 244 Å². The van der Waals surface area contributed by atoms with Gasteiger partial charge in [0.25, 0.3) is 25.0 Å². The molecule has 6 aromatic rings. The first-order valence-corrected chi connectivity index (χ1v) is 40.8. The summed E-state index contributed by atoms with van der Waals surface area (Å²) in [7, 11) is -8.26. The number of esters is 1. The van der Waals surface area contributed by atoms with Crippen molar-refractivity contribution in [2.45, 2.75) is 237 Å². The molecule has 1 N–H and O–H groups in total. The van der Waals surface area contributed by atoms with Gasteiger partial charge < -0.3 is 56.3 Å². The Morgan fingerprint density at radius 3 is 0.907 bits per heavy atom. The van der Waals surface area contributed by atoms with Gasteiger partial charge in [-0.3, -0.25) is 9.59 Å². The fraction of sp³-hybridized carbons (Fsp3) is 0.512. The molecule has 0 aromatic heterocycles. The maximum atomic E-state index is 12.6. The number of carbonyl (C=O) groups excluding carboxylic acids is 2. The van der Waals surface area contributed by atoms with Crippen LogP contribution in [-0.4, -0.2) is 127 Å². The largest absolute Gasteiger partial charge is 0.481 e. The quantitative estimate of drug-likeness (QED) is 0.0463. The summed E-state index contributed by atoms with van der Waals surface area (Å²) < 4.78 is 64.6. The van der Waals surface area contributed by atoms with E-state index in [1.807, 2.05) is 72.7 Å². The third kappa shape index (κ3) is 15.6. The van der Waals surface area contributed by atoms with Crippen molar-refractivity contribution in [2.24, 2.45) is 17.8 Å². The molecule has 3 saturated heterocycles. The van der Waals surface area contributed by atoms with Gasteiger partial charge in [-0.15, -0.1) is 0 Å². The lowest BCUT2D eigenvalue weighted by atomic mass is 9.99. The van der Waals surface area contributed by atoms with Crippen LogP contribution in [0.5, 0.6) is 0 Å². The molecule has 3 saturated carbocycles. The summed E-state index contributed by atoms with van der Waals surface area (Å²) in [5.74, 6) is -3.42. The third-order valence-corrected chi connectivity index (χ3v) is 35.7. The summed E-state index contributed by atoms with van der Waals surface area (Å²) >= 11 is 0. The van der Waals surface area contributed by atoms with Crippen LogP contribution < -0.4 is 31.1 Å². The van der Waals surface area contributed by atoms with E-state index in [0.29, 0.717) is 25.9 Å². The first-order valence-electron chi connectivity index (χ1n) is 35.0. The zero-order chi connectivity index (χ0) is 70.0. The SMILES string of the molecule is CC1(C)O[C@H]2[C@@H](CC(=O)O)[C@H](O[Si](c3ccccc3)(c3ccccc3)C(C)(C)C)C[C@H]2O1.CC1(C)O[C@H]2[C@@H](CC=O)[C@H](O[Si](c3ccccc3)(c3ccccc3)C(C)(C)C)C[C@H]2O1.CCOC(=O)C[C@@H]1[C@@H]2OC(C)(C)O[C@@H]2C[C@H]1O[Si](c1ccccc1)(c1ccccc1)C(C)(C)C. The molecule has 522 valence electrons. The van der Waals surface area contributed by atoms with Crippen molar-refractivity contribution in [3.05, 3.63) is 182 Å². The zero-order valence-corrected chi connectivity index (χ0v) is 63.0. The summed E-state index contributed by atoms with van der Waals surface area (Å²) in [4.78, 5) is 36.1. The molecule has 3 aliphatic carbocycles. The summed E-state index contributed by atoms with van der Waals surface area (Å²) in [6.45, 7) is 34.1. The molecule has 17 heteroatoms. The standard InChI is InChI=1S/C28H38O5Si.C26H34O5Si.C26H34O4Si/c1-7-30-25(29)18-22-23(19-24-26(22)32-28(5,6)31-24)33-34(27(2,3)4,20-14-10-8-11-15-20)21-16-12-9-13-17-21;1-25(2,3)32(18-12-8-6-9-13-18,19-14-10-7-11-15-19)31-21-17-22-24(20(21)16-23(27)28)30-26(4,5)29-22;1-25(2,3)31(19-12-8-6-9-13-19,20-14-10-7-11-15-20)30-22-18-23-24(21(22)16-17-27)29-26(4,5)28-23/h8-17,22-24,26H,7,18-19H2,1-6H3;6-15,20-22,24H,16-17H2,1-5H3,(H,27,28);6-15,17,21-24H,16,18H2,1-5H3/t22-,23+,24+,26-;20-,21+,22+,24-;21-,22+,23+,24-/m000/s1. The van der Waals surface area contributed by atoms with Gasteiger partial charge >= 0.3 is 11.9 Å². The van der Waals surface area contributed by atoms with Crippen molar-refractivity contribution in [3.63, 3.8) is 0 Å². The van der Waals surface area contributed by atoms with Gasteiger partial charge in [-0.05, 0) is 94.7 Å². The highest BCUT2D eigenvalue weighted by Crippen LogP contribution is 2.51. The predicted molar refractivity (Wildman–Crippen MR) is 387 cm³/mol. The number of carboxylic acid groups (broad SMARTS) is 1. The molecule has 6 fully saturated rings. The lowest BCUT2D eigenvalue weighted by molar-refractivity contribution is -0.167. The minimum atomic E-state index is -2.79. The molecule has 0 bridgehead atoms. The highest BCUT2D eigenvalue weighted by Gasteiger charge is 2.62. The van der Waals surface area contributed by atoms with Crippen LogP contribution in [0.4, 0.5) is 0 Å². The number of carboxylic acids is 1. The maximum absolute atomic E-state index is 12.6. The first kappa shape index (κ1) is 73.9. The molecule has 6 aromatic carbocycles.